The normalized spacial score (nSPS) is 10.4. The Morgan fingerprint density at radius 2 is 2.24 bits per heavy atom. The van der Waals surface area contributed by atoms with Crippen LogP contribution in [0, 0.1) is 0 Å². The van der Waals surface area contributed by atoms with Gasteiger partial charge in [-0.1, -0.05) is 0 Å². The van der Waals surface area contributed by atoms with E-state index in [-0.39, 0.29) is 11.4 Å². The fourth-order valence-electron chi connectivity index (χ4n) is 1.41. The number of fused-ring (bicyclic) bond motifs is 1. The number of aromatic nitrogens is 2. The van der Waals surface area contributed by atoms with E-state index >= 15 is 0 Å². The number of rotatable bonds is 3. The monoisotopic (exact) mass is 235 g/mol. The van der Waals surface area contributed by atoms with Gasteiger partial charge in [-0.25, -0.2) is 4.98 Å². The molecule has 88 valence electrons. The molecule has 4 N–H and O–H groups in total. The summed E-state index contributed by atoms with van der Waals surface area (Å²) in [4.78, 5) is 28.4. The van der Waals surface area contributed by atoms with Gasteiger partial charge in [0.05, 0.1) is 5.52 Å². The van der Waals surface area contributed by atoms with Crippen molar-refractivity contribution in [2.45, 2.75) is 0 Å². The first-order valence-electron chi connectivity index (χ1n) is 4.74. The average Bonchev–Trinajstić information content (AvgIpc) is 2.75. The molecule has 17 heavy (non-hydrogen) atoms. The van der Waals surface area contributed by atoms with E-state index in [0.717, 1.165) is 0 Å². The second-order valence-electron chi connectivity index (χ2n) is 3.34. The van der Waals surface area contributed by atoms with Crippen molar-refractivity contribution in [3.8, 4) is 5.75 Å². The molecule has 0 fully saturated rings. The van der Waals surface area contributed by atoms with Gasteiger partial charge in [-0.15, -0.1) is 0 Å². The Morgan fingerprint density at radius 3 is 2.94 bits per heavy atom. The molecule has 0 atom stereocenters. The number of aromatic amines is 1. The smallest absolute Gasteiger partial charge is 0.322 e. The van der Waals surface area contributed by atoms with Crippen molar-refractivity contribution in [3.63, 3.8) is 0 Å². The highest BCUT2D eigenvalue weighted by Crippen LogP contribution is 2.25. The number of carboxylic acid groups (broad SMARTS) is 1. The number of aromatic hydroxyl groups is 1. The summed E-state index contributed by atoms with van der Waals surface area (Å²) >= 11 is 0. The lowest BCUT2D eigenvalue weighted by molar-refractivity contribution is -0.135. The van der Waals surface area contributed by atoms with Gasteiger partial charge in [-0.2, -0.15) is 0 Å². The minimum absolute atomic E-state index is 0.207. The molecule has 2 rings (SSSR count). The van der Waals surface area contributed by atoms with Crippen molar-refractivity contribution in [1.29, 1.82) is 0 Å². The summed E-state index contributed by atoms with van der Waals surface area (Å²) in [5.74, 6) is -2.20. The van der Waals surface area contributed by atoms with Crippen molar-refractivity contribution in [2.75, 3.05) is 6.54 Å². The number of aliphatic carboxylic acids is 1. The predicted molar refractivity (Wildman–Crippen MR) is 57.7 cm³/mol. The van der Waals surface area contributed by atoms with Crippen LogP contribution in [0.5, 0.6) is 5.75 Å². The van der Waals surface area contributed by atoms with E-state index in [1.165, 1.54) is 6.20 Å². The highest BCUT2D eigenvalue weighted by molar-refractivity contribution is 6.01. The van der Waals surface area contributed by atoms with Crippen molar-refractivity contribution >= 4 is 22.8 Å². The van der Waals surface area contributed by atoms with Gasteiger partial charge in [0.25, 0.3) is 5.91 Å². The number of hydrogen-bond acceptors (Lipinski definition) is 4. The Labute approximate surface area is 95.1 Å². The molecule has 0 saturated carbocycles. The number of nitrogens with one attached hydrogen (secondary N) is 2. The lowest BCUT2D eigenvalue weighted by Crippen LogP contribution is -2.29. The number of nitrogens with zero attached hydrogens (tertiary/aromatic N) is 1. The fraction of sp³-hybridized carbons (Fsp3) is 0.100. The standard InChI is InChI=1S/C10H9N3O4/c14-6(15)4-13-10(17)8-9(16)7-5(3-12-8)1-2-11-7/h1-3,11,16H,4H2,(H,13,17)(H,14,15). The topological polar surface area (TPSA) is 115 Å². The van der Waals surface area contributed by atoms with E-state index in [4.69, 9.17) is 5.11 Å². The van der Waals surface area contributed by atoms with E-state index in [9.17, 15) is 14.7 Å². The number of pyridine rings is 1. The summed E-state index contributed by atoms with van der Waals surface area (Å²) in [5, 5.41) is 21.0. The molecular weight excluding hydrogens is 226 g/mol. The summed E-state index contributed by atoms with van der Waals surface area (Å²) in [7, 11) is 0. The maximum absolute atomic E-state index is 11.5. The molecule has 0 aromatic carbocycles. The van der Waals surface area contributed by atoms with Gasteiger partial charge in [-0.3, -0.25) is 9.59 Å². The molecule has 7 heteroatoms. The molecule has 0 saturated heterocycles. The van der Waals surface area contributed by atoms with Gasteiger partial charge in [0, 0.05) is 17.8 Å². The highest BCUT2D eigenvalue weighted by Gasteiger charge is 2.16. The molecule has 0 aliphatic carbocycles. The Bertz CT molecular complexity index is 590. The second kappa shape index (κ2) is 4.12. The lowest BCUT2D eigenvalue weighted by Gasteiger charge is -2.04. The molecule has 0 aliphatic heterocycles. The molecule has 0 radical (unpaired) electrons. The van der Waals surface area contributed by atoms with Crippen LogP contribution in [0.15, 0.2) is 18.5 Å². The van der Waals surface area contributed by atoms with Crippen LogP contribution in [-0.4, -0.2) is 38.6 Å². The zero-order valence-electron chi connectivity index (χ0n) is 8.60. The van der Waals surface area contributed by atoms with Gasteiger partial charge in [0.15, 0.2) is 11.4 Å². The molecule has 7 nitrogen and oxygen atoms in total. The molecular formula is C10H9N3O4. The number of carbonyl (C=O) groups excluding carboxylic acids is 1. The van der Waals surface area contributed by atoms with Crippen LogP contribution in [0.2, 0.25) is 0 Å². The number of hydrogen-bond donors (Lipinski definition) is 4. The quantitative estimate of drug-likeness (QED) is 0.601. The van der Waals surface area contributed by atoms with Crippen LogP contribution in [0.1, 0.15) is 10.5 Å². The number of carboxylic acids is 1. The van der Waals surface area contributed by atoms with Crippen LogP contribution in [-0.2, 0) is 4.79 Å². The van der Waals surface area contributed by atoms with Crippen LogP contribution in [0.4, 0.5) is 0 Å². The third-order valence-corrected chi connectivity index (χ3v) is 2.19. The zero-order valence-corrected chi connectivity index (χ0v) is 8.60. The maximum Gasteiger partial charge on any atom is 0.322 e. The third kappa shape index (κ3) is 2.03. The van der Waals surface area contributed by atoms with Crippen molar-refractivity contribution in [1.82, 2.24) is 15.3 Å². The van der Waals surface area contributed by atoms with Crippen molar-refractivity contribution < 1.29 is 19.8 Å². The lowest BCUT2D eigenvalue weighted by atomic mass is 10.2. The molecule has 2 heterocycles. The molecule has 0 unspecified atom stereocenters. The summed E-state index contributed by atoms with van der Waals surface area (Å²) in [6, 6.07) is 1.70. The van der Waals surface area contributed by atoms with Crippen molar-refractivity contribution in [3.05, 3.63) is 24.2 Å². The number of amides is 1. The summed E-state index contributed by atoms with van der Waals surface area (Å²) in [6.07, 6.45) is 3.02. The average molecular weight is 235 g/mol. The highest BCUT2D eigenvalue weighted by atomic mass is 16.4. The van der Waals surface area contributed by atoms with Crippen LogP contribution < -0.4 is 5.32 Å². The Kier molecular flexibility index (Phi) is 2.65. The predicted octanol–water partition coefficient (Wildman–Crippen LogP) is 0.0829. The first-order valence-corrected chi connectivity index (χ1v) is 4.74. The molecule has 1 amide bonds. The Hall–Kier alpha value is -2.57. The van der Waals surface area contributed by atoms with Gasteiger partial charge in [0.2, 0.25) is 0 Å². The van der Waals surface area contributed by atoms with Crippen LogP contribution in [0.3, 0.4) is 0 Å². The van der Waals surface area contributed by atoms with E-state index in [1.54, 1.807) is 12.3 Å². The van der Waals surface area contributed by atoms with Crippen molar-refractivity contribution in [2.24, 2.45) is 0 Å². The van der Waals surface area contributed by atoms with Crippen LogP contribution in [0.25, 0.3) is 10.9 Å². The second-order valence-corrected chi connectivity index (χ2v) is 3.34. The SMILES string of the molecule is O=C(O)CNC(=O)c1ncc2cc[nH]c2c1O. The largest absolute Gasteiger partial charge is 0.504 e. The van der Waals surface area contributed by atoms with Crippen LogP contribution >= 0.6 is 0 Å². The first kappa shape index (κ1) is 10.9. The molecule has 0 spiro atoms. The number of carbonyl (C=O) groups is 2. The Morgan fingerprint density at radius 1 is 1.47 bits per heavy atom. The summed E-state index contributed by atoms with van der Waals surface area (Å²) in [6.45, 7) is -0.525. The summed E-state index contributed by atoms with van der Waals surface area (Å²) < 4.78 is 0. The van der Waals surface area contributed by atoms with Gasteiger partial charge in [0.1, 0.15) is 6.54 Å². The fourth-order valence-corrected chi connectivity index (χ4v) is 1.41. The maximum atomic E-state index is 11.5. The van der Waals surface area contributed by atoms with E-state index < -0.39 is 18.4 Å². The minimum Gasteiger partial charge on any atom is -0.504 e. The van der Waals surface area contributed by atoms with Gasteiger partial charge in [-0.05, 0) is 6.07 Å². The zero-order chi connectivity index (χ0) is 12.4. The first-order chi connectivity index (χ1) is 8.09. The number of H-pyrrole nitrogens is 1. The molecule has 2 aromatic heterocycles. The van der Waals surface area contributed by atoms with Gasteiger partial charge < -0.3 is 20.5 Å². The van der Waals surface area contributed by atoms with Gasteiger partial charge >= 0.3 is 5.97 Å². The van der Waals surface area contributed by atoms with E-state index in [2.05, 4.69) is 15.3 Å². The minimum atomic E-state index is -1.17. The molecule has 2 aromatic rings. The van der Waals surface area contributed by atoms with E-state index in [0.29, 0.717) is 10.9 Å². The molecule has 0 bridgehead atoms. The van der Waals surface area contributed by atoms with E-state index in [1.807, 2.05) is 0 Å². The third-order valence-electron chi connectivity index (χ3n) is 2.19. The summed E-state index contributed by atoms with van der Waals surface area (Å²) in [5.41, 5.74) is 0.182. The Balaban J connectivity index is 2.31. The molecule has 0 aliphatic rings.